The number of hydrogen-bond acceptors (Lipinski definition) is 5. The molecular weight excluding hydrogens is 408 g/mol. The highest BCUT2D eigenvalue weighted by Crippen LogP contribution is 2.27. The lowest BCUT2D eigenvalue weighted by Crippen LogP contribution is -2.40. The third kappa shape index (κ3) is 4.13. The molecule has 0 aromatic carbocycles. The van der Waals surface area contributed by atoms with Crippen LogP contribution in [0.4, 0.5) is 0 Å². The van der Waals surface area contributed by atoms with Crippen molar-refractivity contribution >= 4 is 32.3 Å². The molecule has 2 aromatic rings. The van der Waals surface area contributed by atoms with Gasteiger partial charge in [0, 0.05) is 19.2 Å². The number of Topliss-reactive ketones (excluding diaryl/α,β-unsaturated/α-hetero) is 1. The summed E-state index contributed by atoms with van der Waals surface area (Å²) in [6, 6.07) is 3.45. The Balaban J connectivity index is 1.89. The van der Waals surface area contributed by atoms with Gasteiger partial charge in [-0.05, 0) is 46.3 Å². The molecule has 0 amide bonds. The molecule has 7 heteroatoms. The molecular formula is C20H25BrN4O2. The smallest absolute Gasteiger partial charge is 0.224 e. The first-order valence-electron chi connectivity index (χ1n) is 9.10. The molecule has 27 heavy (non-hydrogen) atoms. The van der Waals surface area contributed by atoms with Crippen molar-refractivity contribution < 1.29 is 9.53 Å². The highest BCUT2D eigenvalue weighted by atomic mass is 79.9. The topological polar surface area (TPSA) is 69.9 Å². The van der Waals surface area contributed by atoms with Crippen LogP contribution in [0.5, 0.6) is 5.88 Å². The van der Waals surface area contributed by atoms with Crippen LogP contribution in [0.25, 0.3) is 10.6 Å². The Kier molecular flexibility index (Phi) is 5.51. The van der Waals surface area contributed by atoms with E-state index in [0.717, 1.165) is 21.7 Å². The summed E-state index contributed by atoms with van der Waals surface area (Å²) < 4.78 is 8.83. The molecule has 1 aliphatic rings. The van der Waals surface area contributed by atoms with Gasteiger partial charge in [-0.3, -0.25) is 4.79 Å². The Hall–Kier alpha value is -2.02. The van der Waals surface area contributed by atoms with E-state index >= 15 is 0 Å². The molecule has 0 N–H and O–H groups in total. The van der Waals surface area contributed by atoms with Gasteiger partial charge in [0.25, 0.3) is 0 Å². The molecule has 2 atom stereocenters. The van der Waals surface area contributed by atoms with Crippen LogP contribution >= 0.6 is 15.9 Å². The zero-order chi connectivity index (χ0) is 19.8. The first-order chi connectivity index (χ1) is 12.7. The predicted octanol–water partition coefficient (Wildman–Crippen LogP) is 2.69. The third-order valence-electron chi connectivity index (χ3n) is 5.14. The molecule has 6 nitrogen and oxygen atoms in total. The Morgan fingerprint density at radius 2 is 2.19 bits per heavy atom. The van der Waals surface area contributed by atoms with E-state index in [4.69, 9.17) is 4.74 Å². The summed E-state index contributed by atoms with van der Waals surface area (Å²) in [4.78, 5) is 16.0. The summed E-state index contributed by atoms with van der Waals surface area (Å²) in [5, 5.41) is 10.5. The third-order valence-corrected chi connectivity index (χ3v) is 6.02. The Bertz CT molecular complexity index is 975. The number of carbonyl (C=O) groups excluding carboxylic acids is 1. The minimum Gasteiger partial charge on any atom is -0.468 e. The molecule has 0 radical (unpaired) electrons. The van der Waals surface area contributed by atoms with Crippen molar-refractivity contribution in [2.24, 2.45) is 11.3 Å². The van der Waals surface area contributed by atoms with Gasteiger partial charge in [0.05, 0.1) is 15.4 Å². The van der Waals surface area contributed by atoms with Crippen LogP contribution in [0.15, 0.2) is 18.3 Å². The van der Waals surface area contributed by atoms with E-state index in [9.17, 15) is 4.79 Å². The summed E-state index contributed by atoms with van der Waals surface area (Å²) >= 11 is 3.63. The van der Waals surface area contributed by atoms with E-state index in [0.29, 0.717) is 23.8 Å². The molecule has 0 saturated carbocycles. The summed E-state index contributed by atoms with van der Waals surface area (Å²) in [7, 11) is 0. The molecule has 1 aliphatic carbocycles. The van der Waals surface area contributed by atoms with Crippen molar-refractivity contribution in [3.8, 4) is 5.88 Å². The first-order valence-corrected chi connectivity index (χ1v) is 9.89. The Morgan fingerprint density at radius 1 is 1.44 bits per heavy atom. The van der Waals surface area contributed by atoms with E-state index in [1.807, 2.05) is 4.68 Å². The second kappa shape index (κ2) is 7.54. The van der Waals surface area contributed by atoms with Gasteiger partial charge in [-0.2, -0.15) is 0 Å². The summed E-state index contributed by atoms with van der Waals surface area (Å²) in [6.07, 6.45) is 4.09. The number of rotatable bonds is 5. The maximum absolute atomic E-state index is 11.8. The lowest BCUT2D eigenvalue weighted by Gasteiger charge is -2.27. The van der Waals surface area contributed by atoms with Crippen molar-refractivity contribution in [3.63, 3.8) is 0 Å². The number of nitrogens with zero attached hydrogens (tertiary/aromatic N) is 4. The lowest BCUT2D eigenvalue weighted by molar-refractivity contribution is 0.101. The van der Waals surface area contributed by atoms with Crippen LogP contribution in [0.3, 0.4) is 0 Å². The standard InChI is InChI=1S/C20H25BrN4O2/c1-12(20(3,4)5)11-25-15-8-9-16(17(21)18(15)23-24-25)27-19-14(13(2)26)7-6-10-22-19/h6-8,10,12,16H,9,11H2,1-5H3. The van der Waals surface area contributed by atoms with Gasteiger partial charge in [-0.15, -0.1) is 5.10 Å². The summed E-state index contributed by atoms with van der Waals surface area (Å²) in [5.74, 6) is 0.727. The molecule has 0 fully saturated rings. The summed E-state index contributed by atoms with van der Waals surface area (Å²) in [5.41, 5.74) is 0.675. The van der Waals surface area contributed by atoms with Crippen LogP contribution < -0.4 is 15.4 Å². The number of pyridine rings is 1. The highest BCUT2D eigenvalue weighted by molar-refractivity contribution is 9.15. The van der Waals surface area contributed by atoms with E-state index in [1.54, 1.807) is 18.3 Å². The second-order valence-corrected chi connectivity index (χ2v) is 8.93. The van der Waals surface area contributed by atoms with Gasteiger partial charge < -0.3 is 4.74 Å². The fourth-order valence-corrected chi connectivity index (χ4v) is 3.39. The fraction of sp³-hybridized carbons (Fsp3) is 0.500. The number of hydrogen-bond donors (Lipinski definition) is 0. The van der Waals surface area contributed by atoms with E-state index in [1.165, 1.54) is 6.92 Å². The monoisotopic (exact) mass is 432 g/mol. The molecule has 0 aliphatic heterocycles. The van der Waals surface area contributed by atoms with Gasteiger partial charge in [0.2, 0.25) is 5.88 Å². The Morgan fingerprint density at radius 3 is 2.85 bits per heavy atom. The minimum absolute atomic E-state index is 0.0724. The molecule has 0 saturated heterocycles. The average molecular weight is 433 g/mol. The van der Waals surface area contributed by atoms with Crippen molar-refractivity contribution in [3.05, 3.63) is 34.6 Å². The normalized spacial score (nSPS) is 17.9. The molecule has 0 spiro atoms. The largest absolute Gasteiger partial charge is 0.468 e. The summed E-state index contributed by atoms with van der Waals surface area (Å²) in [6.45, 7) is 11.2. The number of aromatic nitrogens is 4. The van der Waals surface area contributed by atoms with Crippen molar-refractivity contribution in [1.29, 1.82) is 0 Å². The van der Waals surface area contributed by atoms with Crippen LogP contribution in [-0.2, 0) is 6.54 Å². The maximum atomic E-state index is 11.8. The quantitative estimate of drug-likeness (QED) is 0.679. The Labute approximate surface area is 167 Å². The number of halogens is 1. The van der Waals surface area contributed by atoms with Gasteiger partial charge in [0.15, 0.2) is 5.78 Å². The zero-order valence-electron chi connectivity index (χ0n) is 16.4. The average Bonchev–Trinajstić information content (AvgIpc) is 3.00. The molecule has 2 unspecified atom stereocenters. The second-order valence-electron chi connectivity index (χ2n) is 8.08. The van der Waals surface area contributed by atoms with Crippen LogP contribution in [0, 0.1) is 11.3 Å². The van der Waals surface area contributed by atoms with E-state index in [2.05, 4.69) is 65.0 Å². The number of fused-ring (bicyclic) bond motifs is 1. The molecule has 2 aromatic heterocycles. The number of ketones is 1. The van der Waals surface area contributed by atoms with E-state index < -0.39 is 0 Å². The van der Waals surface area contributed by atoms with Gasteiger partial charge in [-0.25, -0.2) is 9.67 Å². The zero-order valence-corrected chi connectivity index (χ0v) is 17.9. The van der Waals surface area contributed by atoms with Gasteiger partial charge in [-0.1, -0.05) is 39.0 Å². The van der Waals surface area contributed by atoms with Crippen molar-refractivity contribution in [2.75, 3.05) is 0 Å². The van der Waals surface area contributed by atoms with Crippen LogP contribution in [0.1, 0.15) is 51.4 Å². The van der Waals surface area contributed by atoms with Crippen LogP contribution in [-0.4, -0.2) is 31.9 Å². The molecule has 3 rings (SSSR count). The minimum atomic E-state index is -0.282. The van der Waals surface area contributed by atoms with Gasteiger partial charge in [0.1, 0.15) is 11.5 Å². The number of ether oxygens (including phenoxy) is 1. The highest BCUT2D eigenvalue weighted by Gasteiger charge is 2.25. The van der Waals surface area contributed by atoms with Gasteiger partial charge >= 0.3 is 0 Å². The number of carbonyl (C=O) groups is 1. The van der Waals surface area contributed by atoms with Crippen LogP contribution in [0.2, 0.25) is 0 Å². The first kappa shape index (κ1) is 19.7. The molecule has 144 valence electrons. The molecule has 2 heterocycles. The van der Waals surface area contributed by atoms with Crippen molar-refractivity contribution in [2.45, 2.75) is 53.7 Å². The fourth-order valence-electron chi connectivity index (χ4n) is 2.82. The SMILES string of the molecule is CC(=O)c1cccnc1OC1CC=c2c(nnn2CC(C)C(C)(C)C)=C1Br. The lowest BCUT2D eigenvalue weighted by atomic mass is 9.82. The predicted molar refractivity (Wildman–Crippen MR) is 108 cm³/mol. The van der Waals surface area contributed by atoms with E-state index in [-0.39, 0.29) is 17.3 Å². The molecule has 0 bridgehead atoms. The van der Waals surface area contributed by atoms with Crippen molar-refractivity contribution in [1.82, 2.24) is 20.0 Å². The maximum Gasteiger partial charge on any atom is 0.224 e.